The average molecular weight is 306 g/mol. The molecular formula is C18H30N2O2. The molecule has 124 valence electrons. The first-order chi connectivity index (χ1) is 10.6. The van der Waals surface area contributed by atoms with Crippen molar-refractivity contribution in [1.29, 1.82) is 0 Å². The van der Waals surface area contributed by atoms with E-state index in [2.05, 4.69) is 23.9 Å². The van der Waals surface area contributed by atoms with Crippen LogP contribution in [-0.2, 0) is 4.74 Å². The van der Waals surface area contributed by atoms with E-state index in [-0.39, 0.29) is 17.6 Å². The van der Waals surface area contributed by atoms with E-state index in [1.165, 1.54) is 38.5 Å². The summed E-state index contributed by atoms with van der Waals surface area (Å²) in [6.07, 6.45) is 8.67. The predicted molar refractivity (Wildman–Crippen MR) is 86.3 cm³/mol. The van der Waals surface area contributed by atoms with Crippen LogP contribution in [-0.4, -0.2) is 47.7 Å². The van der Waals surface area contributed by atoms with Gasteiger partial charge in [0.15, 0.2) is 0 Å². The van der Waals surface area contributed by atoms with Gasteiger partial charge >= 0.3 is 0 Å². The molecule has 2 atom stereocenters. The average Bonchev–Trinajstić information content (AvgIpc) is 2.42. The quantitative estimate of drug-likeness (QED) is 0.495. The molecule has 4 nitrogen and oxygen atoms in total. The molecule has 1 N–H and O–H groups in total. The molecule has 5 rings (SSSR count). The van der Waals surface area contributed by atoms with Gasteiger partial charge < -0.3 is 9.94 Å². The lowest BCUT2D eigenvalue weighted by Gasteiger charge is -2.57. The number of ether oxygens (including phenoxy) is 1. The highest BCUT2D eigenvalue weighted by molar-refractivity contribution is 5.92. The van der Waals surface area contributed by atoms with Crippen molar-refractivity contribution in [3.8, 4) is 0 Å². The Bertz CT molecular complexity index is 417. The molecule has 4 saturated carbocycles. The lowest BCUT2D eigenvalue weighted by Crippen LogP contribution is -2.54. The standard InChI is InChI=1S/C18H30N2O2/c1-12-9-20(10-13(2)22-12)11-17(19-21)18-6-14-3-15(7-18)5-16(4-14)8-18/h12-16,21H,3-11H2,1-2H3/b19-17-/t12-,13-,14?,15?,16?,18?/m1/s1. The van der Waals surface area contributed by atoms with Crippen molar-refractivity contribution < 1.29 is 9.94 Å². The Kier molecular flexibility index (Phi) is 3.73. The van der Waals surface area contributed by atoms with Crippen LogP contribution in [0.4, 0.5) is 0 Å². The molecule has 0 spiro atoms. The third-order valence-corrected chi connectivity index (χ3v) is 6.64. The Morgan fingerprint density at radius 1 is 1.05 bits per heavy atom. The Hall–Kier alpha value is -0.610. The van der Waals surface area contributed by atoms with E-state index in [1.807, 2.05) is 0 Å². The normalized spacial score (nSPS) is 48.8. The summed E-state index contributed by atoms with van der Waals surface area (Å²) in [5.74, 6) is 2.68. The Labute approximate surface area is 133 Å². The summed E-state index contributed by atoms with van der Waals surface area (Å²) in [6.45, 7) is 7.03. The van der Waals surface area contributed by atoms with Crippen LogP contribution in [0.1, 0.15) is 52.4 Å². The molecule has 4 bridgehead atoms. The molecule has 1 aliphatic heterocycles. The van der Waals surface area contributed by atoms with E-state index < -0.39 is 0 Å². The zero-order valence-corrected chi connectivity index (χ0v) is 14.0. The summed E-state index contributed by atoms with van der Waals surface area (Å²) >= 11 is 0. The van der Waals surface area contributed by atoms with Crippen LogP contribution in [0.2, 0.25) is 0 Å². The van der Waals surface area contributed by atoms with E-state index in [1.54, 1.807) is 0 Å². The number of oxime groups is 1. The fourth-order valence-electron chi connectivity index (χ4n) is 6.39. The molecule has 4 aliphatic carbocycles. The second-order valence-corrected chi connectivity index (χ2v) is 8.70. The van der Waals surface area contributed by atoms with Gasteiger partial charge in [-0.15, -0.1) is 0 Å². The fourth-order valence-corrected chi connectivity index (χ4v) is 6.39. The second kappa shape index (κ2) is 5.48. The van der Waals surface area contributed by atoms with E-state index >= 15 is 0 Å². The minimum absolute atomic E-state index is 0.217. The molecule has 0 aromatic heterocycles. The molecule has 0 amide bonds. The van der Waals surface area contributed by atoms with Crippen molar-refractivity contribution >= 4 is 5.71 Å². The zero-order valence-electron chi connectivity index (χ0n) is 14.0. The SMILES string of the molecule is C[C@@H]1CN(C/C(=N/O)C23CC4CC(CC(C4)C2)C3)C[C@@H](C)O1. The summed E-state index contributed by atoms with van der Waals surface area (Å²) in [5, 5.41) is 13.6. The summed E-state index contributed by atoms with van der Waals surface area (Å²) < 4.78 is 5.84. The maximum Gasteiger partial charge on any atom is 0.0772 e. The minimum Gasteiger partial charge on any atom is -0.411 e. The highest BCUT2D eigenvalue weighted by Crippen LogP contribution is 2.60. The molecule has 5 aliphatic rings. The molecule has 22 heavy (non-hydrogen) atoms. The minimum atomic E-state index is 0.217. The first-order valence-electron chi connectivity index (χ1n) is 9.15. The van der Waals surface area contributed by atoms with Crippen LogP contribution in [0.3, 0.4) is 0 Å². The number of morpholine rings is 1. The first-order valence-corrected chi connectivity index (χ1v) is 9.15. The topological polar surface area (TPSA) is 45.1 Å². The van der Waals surface area contributed by atoms with E-state index in [0.717, 1.165) is 43.1 Å². The van der Waals surface area contributed by atoms with Gasteiger partial charge in [-0.3, -0.25) is 4.90 Å². The van der Waals surface area contributed by atoms with Gasteiger partial charge in [-0.1, -0.05) is 5.16 Å². The van der Waals surface area contributed by atoms with Crippen molar-refractivity contribution in [3.63, 3.8) is 0 Å². The molecule has 0 aromatic rings. The van der Waals surface area contributed by atoms with Crippen molar-refractivity contribution in [2.45, 2.75) is 64.6 Å². The smallest absolute Gasteiger partial charge is 0.0772 e. The lowest BCUT2D eigenvalue weighted by atomic mass is 9.48. The van der Waals surface area contributed by atoms with Gasteiger partial charge in [0, 0.05) is 25.0 Å². The molecule has 1 saturated heterocycles. The van der Waals surface area contributed by atoms with Crippen molar-refractivity contribution in [2.24, 2.45) is 28.3 Å². The third-order valence-electron chi connectivity index (χ3n) is 6.64. The van der Waals surface area contributed by atoms with Crippen molar-refractivity contribution in [2.75, 3.05) is 19.6 Å². The molecule has 1 heterocycles. The first kappa shape index (κ1) is 14.9. The summed E-state index contributed by atoms with van der Waals surface area (Å²) in [6, 6.07) is 0. The molecule has 0 radical (unpaired) electrons. The Morgan fingerprint density at radius 2 is 1.55 bits per heavy atom. The predicted octanol–water partition coefficient (Wildman–Crippen LogP) is 3.14. The van der Waals surface area contributed by atoms with Crippen molar-refractivity contribution in [3.05, 3.63) is 0 Å². The number of nitrogens with zero attached hydrogens (tertiary/aromatic N) is 2. The van der Waals surface area contributed by atoms with Crippen LogP contribution in [0.15, 0.2) is 5.16 Å². The van der Waals surface area contributed by atoms with Crippen LogP contribution >= 0.6 is 0 Å². The molecule has 4 heteroatoms. The number of hydrogen-bond acceptors (Lipinski definition) is 4. The summed E-state index contributed by atoms with van der Waals surface area (Å²) in [7, 11) is 0. The van der Waals surface area contributed by atoms with Crippen LogP contribution < -0.4 is 0 Å². The van der Waals surface area contributed by atoms with Crippen LogP contribution in [0.5, 0.6) is 0 Å². The lowest BCUT2D eigenvalue weighted by molar-refractivity contribution is -0.0659. The van der Waals surface area contributed by atoms with E-state index in [0.29, 0.717) is 0 Å². The van der Waals surface area contributed by atoms with Crippen LogP contribution in [0.25, 0.3) is 0 Å². The number of rotatable bonds is 3. The maximum atomic E-state index is 9.78. The fraction of sp³-hybridized carbons (Fsp3) is 0.944. The monoisotopic (exact) mass is 306 g/mol. The highest BCUT2D eigenvalue weighted by Gasteiger charge is 2.53. The van der Waals surface area contributed by atoms with E-state index in [9.17, 15) is 5.21 Å². The third kappa shape index (κ3) is 2.58. The van der Waals surface area contributed by atoms with Gasteiger partial charge in [0.2, 0.25) is 0 Å². The van der Waals surface area contributed by atoms with Gasteiger partial charge in [-0.2, -0.15) is 0 Å². The Morgan fingerprint density at radius 3 is 2.00 bits per heavy atom. The number of hydrogen-bond donors (Lipinski definition) is 1. The highest BCUT2D eigenvalue weighted by atomic mass is 16.5. The molecule has 0 aromatic carbocycles. The molecular weight excluding hydrogens is 276 g/mol. The molecule has 0 unspecified atom stereocenters. The molecule has 5 fully saturated rings. The Balaban J connectivity index is 1.50. The van der Waals surface area contributed by atoms with Crippen LogP contribution in [0, 0.1) is 23.2 Å². The van der Waals surface area contributed by atoms with Gasteiger partial charge in [-0.05, 0) is 70.1 Å². The van der Waals surface area contributed by atoms with Crippen molar-refractivity contribution in [1.82, 2.24) is 4.90 Å². The second-order valence-electron chi connectivity index (χ2n) is 8.70. The van der Waals surface area contributed by atoms with Gasteiger partial charge in [0.25, 0.3) is 0 Å². The maximum absolute atomic E-state index is 9.78. The van der Waals surface area contributed by atoms with Gasteiger partial charge in [0.05, 0.1) is 17.9 Å². The van der Waals surface area contributed by atoms with E-state index in [4.69, 9.17) is 4.74 Å². The summed E-state index contributed by atoms with van der Waals surface area (Å²) in [5.41, 5.74) is 1.29. The zero-order chi connectivity index (χ0) is 15.3. The van der Waals surface area contributed by atoms with Gasteiger partial charge in [-0.25, -0.2) is 0 Å². The van der Waals surface area contributed by atoms with Gasteiger partial charge in [0.1, 0.15) is 0 Å². The largest absolute Gasteiger partial charge is 0.411 e. The summed E-state index contributed by atoms with van der Waals surface area (Å²) in [4.78, 5) is 2.44.